The van der Waals surface area contributed by atoms with Gasteiger partial charge in [-0.3, -0.25) is 14.8 Å². The maximum atomic E-state index is 11.9. The second kappa shape index (κ2) is 10.7. The summed E-state index contributed by atoms with van der Waals surface area (Å²) >= 11 is 1.66. The van der Waals surface area contributed by atoms with Crippen LogP contribution in [0, 0.1) is 17.2 Å². The zero-order chi connectivity index (χ0) is 23.1. The van der Waals surface area contributed by atoms with Crippen LogP contribution in [0.4, 0.5) is 5.69 Å². The third-order valence-corrected chi connectivity index (χ3v) is 6.57. The van der Waals surface area contributed by atoms with E-state index in [-0.39, 0.29) is 17.2 Å². The van der Waals surface area contributed by atoms with E-state index >= 15 is 0 Å². The summed E-state index contributed by atoms with van der Waals surface area (Å²) in [6.07, 6.45) is 1.64. The maximum absolute atomic E-state index is 11.9. The van der Waals surface area contributed by atoms with Crippen LogP contribution < -0.4 is 10.6 Å². The highest BCUT2D eigenvalue weighted by atomic mass is 32.2. The SMILES string of the molecule is C=NCC1C(c2ccc(NC)cc2)=C(C#N)C(C)=NC1SCc1ccnc(C(=O)NC)c1. The maximum Gasteiger partial charge on any atom is 0.269 e. The van der Waals surface area contributed by atoms with Crippen LogP contribution in [-0.4, -0.2) is 49.3 Å². The highest BCUT2D eigenvalue weighted by Crippen LogP contribution is 2.40. The van der Waals surface area contributed by atoms with E-state index in [1.165, 1.54) is 0 Å². The number of pyridine rings is 1. The van der Waals surface area contributed by atoms with Gasteiger partial charge in [-0.05, 0) is 54.6 Å². The van der Waals surface area contributed by atoms with Crippen molar-refractivity contribution in [2.45, 2.75) is 18.1 Å². The summed E-state index contributed by atoms with van der Waals surface area (Å²) in [4.78, 5) is 25.0. The summed E-state index contributed by atoms with van der Waals surface area (Å²) in [6, 6.07) is 14.1. The van der Waals surface area contributed by atoms with E-state index in [2.05, 4.69) is 33.4 Å². The number of nitriles is 1. The Hall–Kier alpha value is -3.44. The third kappa shape index (κ3) is 5.06. The van der Waals surface area contributed by atoms with Gasteiger partial charge in [0.1, 0.15) is 17.1 Å². The molecule has 2 atom stereocenters. The molecule has 3 rings (SSSR count). The molecule has 32 heavy (non-hydrogen) atoms. The van der Waals surface area contributed by atoms with Crippen molar-refractivity contribution < 1.29 is 4.79 Å². The molecule has 0 saturated carbocycles. The minimum atomic E-state index is -0.217. The number of nitrogens with zero attached hydrogens (tertiary/aromatic N) is 4. The van der Waals surface area contributed by atoms with Crippen molar-refractivity contribution in [2.75, 3.05) is 26.0 Å². The number of rotatable bonds is 8. The number of allylic oxidation sites excluding steroid dienone is 1. The van der Waals surface area contributed by atoms with Crippen molar-refractivity contribution in [1.29, 1.82) is 5.26 Å². The number of hydrogen-bond acceptors (Lipinski definition) is 7. The lowest BCUT2D eigenvalue weighted by Crippen LogP contribution is -2.28. The molecule has 2 heterocycles. The van der Waals surface area contributed by atoms with Crippen LogP contribution >= 0.6 is 11.8 Å². The Bertz CT molecular complexity index is 1100. The van der Waals surface area contributed by atoms with Crippen molar-refractivity contribution in [3.8, 4) is 6.07 Å². The minimum Gasteiger partial charge on any atom is -0.388 e. The van der Waals surface area contributed by atoms with Gasteiger partial charge < -0.3 is 15.6 Å². The molecule has 2 N–H and O–H groups in total. The average Bonchev–Trinajstić information content (AvgIpc) is 2.83. The smallest absolute Gasteiger partial charge is 0.269 e. The Labute approximate surface area is 192 Å². The summed E-state index contributed by atoms with van der Waals surface area (Å²) < 4.78 is 0. The molecule has 0 saturated heterocycles. The minimum absolute atomic E-state index is 0.0865. The normalized spacial score (nSPS) is 17.9. The second-order valence-corrected chi connectivity index (χ2v) is 8.39. The Morgan fingerprint density at radius 2 is 2.03 bits per heavy atom. The zero-order valence-electron chi connectivity index (χ0n) is 18.4. The van der Waals surface area contributed by atoms with Crippen LogP contribution in [0.5, 0.6) is 0 Å². The first-order valence-electron chi connectivity index (χ1n) is 10.2. The van der Waals surface area contributed by atoms with Gasteiger partial charge in [0.05, 0.1) is 11.3 Å². The van der Waals surface area contributed by atoms with Gasteiger partial charge >= 0.3 is 0 Å². The van der Waals surface area contributed by atoms with Gasteiger partial charge in [0, 0.05) is 44.2 Å². The molecule has 1 aliphatic heterocycles. The Kier molecular flexibility index (Phi) is 7.79. The third-order valence-electron chi connectivity index (χ3n) is 5.29. The summed E-state index contributed by atoms with van der Waals surface area (Å²) in [5.74, 6) is 0.345. The fourth-order valence-electron chi connectivity index (χ4n) is 3.66. The van der Waals surface area contributed by atoms with Gasteiger partial charge in [0.2, 0.25) is 0 Å². The largest absolute Gasteiger partial charge is 0.388 e. The highest BCUT2D eigenvalue weighted by molar-refractivity contribution is 7.99. The molecule has 164 valence electrons. The molecule has 0 fully saturated rings. The molecule has 0 aliphatic carbocycles. The molecule has 0 spiro atoms. The summed E-state index contributed by atoms with van der Waals surface area (Å²) in [6.45, 7) is 6.04. The number of anilines is 1. The molecule has 0 bridgehead atoms. The number of carbonyl (C=O) groups is 1. The van der Waals surface area contributed by atoms with Crippen molar-refractivity contribution in [3.05, 3.63) is 65.0 Å². The predicted octanol–water partition coefficient (Wildman–Crippen LogP) is 3.81. The van der Waals surface area contributed by atoms with Gasteiger partial charge in [0.15, 0.2) is 0 Å². The number of dihydropyridines is 1. The van der Waals surface area contributed by atoms with Crippen molar-refractivity contribution in [1.82, 2.24) is 10.3 Å². The molecular weight excluding hydrogens is 420 g/mol. The van der Waals surface area contributed by atoms with Gasteiger partial charge in [-0.25, -0.2) is 0 Å². The van der Waals surface area contributed by atoms with E-state index in [9.17, 15) is 10.1 Å². The molecule has 8 heteroatoms. The predicted molar refractivity (Wildman–Crippen MR) is 132 cm³/mol. The van der Waals surface area contributed by atoms with E-state index in [0.717, 1.165) is 28.1 Å². The number of nitrogens with one attached hydrogen (secondary N) is 2. The molecule has 1 aromatic carbocycles. The van der Waals surface area contributed by atoms with Crippen molar-refractivity contribution in [3.63, 3.8) is 0 Å². The van der Waals surface area contributed by atoms with Gasteiger partial charge in [-0.2, -0.15) is 5.26 Å². The first-order valence-corrected chi connectivity index (χ1v) is 11.3. The lowest BCUT2D eigenvalue weighted by molar-refractivity contribution is 0.0958. The molecule has 1 aromatic heterocycles. The molecule has 0 radical (unpaired) electrons. The number of hydrogen-bond donors (Lipinski definition) is 2. The van der Waals surface area contributed by atoms with E-state index in [0.29, 0.717) is 23.6 Å². The van der Waals surface area contributed by atoms with Crippen LogP contribution in [0.1, 0.15) is 28.5 Å². The van der Waals surface area contributed by atoms with Crippen LogP contribution in [0.2, 0.25) is 0 Å². The van der Waals surface area contributed by atoms with Crippen LogP contribution in [0.25, 0.3) is 5.57 Å². The molecule has 2 unspecified atom stereocenters. The van der Waals surface area contributed by atoms with Crippen molar-refractivity contribution >= 4 is 41.4 Å². The number of thioether (sulfide) groups is 1. The van der Waals surface area contributed by atoms with Gasteiger partial charge in [0.25, 0.3) is 5.91 Å². The highest BCUT2D eigenvalue weighted by Gasteiger charge is 2.33. The quantitative estimate of drug-likeness (QED) is 0.600. The van der Waals surface area contributed by atoms with E-state index in [1.54, 1.807) is 31.1 Å². The van der Waals surface area contributed by atoms with Crippen LogP contribution in [0.3, 0.4) is 0 Å². The molecular formula is C24H26N6OS. The fraction of sp³-hybridized carbons (Fsp3) is 0.292. The monoisotopic (exact) mass is 446 g/mol. The molecule has 1 aliphatic rings. The molecule has 7 nitrogen and oxygen atoms in total. The summed E-state index contributed by atoms with van der Waals surface area (Å²) in [5.41, 5.74) is 5.63. The fourth-order valence-corrected chi connectivity index (χ4v) is 4.89. The molecule has 1 amide bonds. The first-order chi connectivity index (χ1) is 15.5. The number of aromatic nitrogens is 1. The Morgan fingerprint density at radius 3 is 2.66 bits per heavy atom. The molecule has 2 aromatic rings. The van der Waals surface area contributed by atoms with Crippen LogP contribution in [0.15, 0.2) is 58.2 Å². The Morgan fingerprint density at radius 1 is 1.28 bits per heavy atom. The summed E-state index contributed by atoms with van der Waals surface area (Å²) in [7, 11) is 3.46. The number of amides is 1. The van der Waals surface area contributed by atoms with Gasteiger partial charge in [-0.15, -0.1) is 11.8 Å². The van der Waals surface area contributed by atoms with E-state index in [4.69, 9.17) is 4.99 Å². The standard InChI is InChI=1S/C24H26N6OS/c1-15-19(12-25)22(17-5-7-18(27-3)8-6-17)20(13-26-2)24(30-15)32-14-16-9-10-29-21(11-16)23(31)28-4/h5-11,20,24,27H,2,13-14H2,1,3-4H3,(H,28,31). The first kappa shape index (κ1) is 23.2. The Balaban J connectivity index is 1.92. The number of aliphatic imine (C=N–C) groups is 2. The number of carbonyl (C=O) groups excluding carboxylic acids is 1. The second-order valence-electron chi connectivity index (χ2n) is 7.29. The van der Waals surface area contributed by atoms with E-state index in [1.807, 2.05) is 44.3 Å². The lowest BCUT2D eigenvalue weighted by Gasteiger charge is -2.31. The van der Waals surface area contributed by atoms with Crippen LogP contribution in [-0.2, 0) is 5.75 Å². The average molecular weight is 447 g/mol. The lowest BCUT2D eigenvalue weighted by atomic mass is 9.84. The van der Waals surface area contributed by atoms with Crippen molar-refractivity contribution in [2.24, 2.45) is 15.9 Å². The number of benzene rings is 1. The summed E-state index contributed by atoms with van der Waals surface area (Å²) in [5, 5.41) is 15.5. The zero-order valence-corrected chi connectivity index (χ0v) is 19.2. The van der Waals surface area contributed by atoms with Gasteiger partial charge in [-0.1, -0.05) is 12.1 Å². The van der Waals surface area contributed by atoms with E-state index < -0.39 is 0 Å². The topological polar surface area (TPSA) is 103 Å².